The van der Waals surface area contributed by atoms with Crippen LogP contribution in [0.4, 0.5) is 21.7 Å². The van der Waals surface area contributed by atoms with Crippen molar-refractivity contribution in [2.75, 3.05) is 17.2 Å². The van der Waals surface area contributed by atoms with Gasteiger partial charge >= 0.3 is 0 Å². The normalized spacial score (nSPS) is 10.4. The fourth-order valence-corrected chi connectivity index (χ4v) is 1.99. The Kier molecular flexibility index (Phi) is 5.49. The lowest BCUT2D eigenvalue weighted by Gasteiger charge is -2.10. The highest BCUT2D eigenvalue weighted by Gasteiger charge is 2.02. The smallest absolute Gasteiger partial charge is 0.136 e. The van der Waals surface area contributed by atoms with E-state index in [4.69, 9.17) is 0 Å². The van der Waals surface area contributed by atoms with Crippen LogP contribution in [0.5, 0.6) is 0 Å². The third-order valence-corrected chi connectivity index (χ3v) is 3.04. The van der Waals surface area contributed by atoms with Crippen molar-refractivity contribution in [1.82, 2.24) is 9.97 Å². The minimum Gasteiger partial charge on any atom is -0.370 e. The fourth-order valence-electron chi connectivity index (χ4n) is 1.99. The predicted molar refractivity (Wildman–Crippen MR) is 84.5 cm³/mol. The average Bonchev–Trinajstić information content (AvgIpc) is 2.46. The average molecular weight is 288 g/mol. The SMILES string of the molecule is CCCCCNc1cc(Nc2ccc(F)cc2)nc(C)n1. The summed E-state index contributed by atoms with van der Waals surface area (Å²) in [6, 6.07) is 8.06. The maximum atomic E-state index is 12.9. The van der Waals surface area contributed by atoms with E-state index in [1.165, 1.54) is 25.0 Å². The van der Waals surface area contributed by atoms with Crippen molar-refractivity contribution < 1.29 is 4.39 Å². The molecular weight excluding hydrogens is 267 g/mol. The molecule has 0 radical (unpaired) electrons. The molecule has 0 bridgehead atoms. The second kappa shape index (κ2) is 7.57. The Morgan fingerprint density at radius 3 is 2.48 bits per heavy atom. The minimum atomic E-state index is -0.252. The molecule has 2 N–H and O–H groups in total. The number of hydrogen-bond donors (Lipinski definition) is 2. The topological polar surface area (TPSA) is 49.8 Å². The summed E-state index contributed by atoms with van der Waals surface area (Å²) in [5.74, 6) is 1.95. The van der Waals surface area contributed by atoms with Gasteiger partial charge in [-0.25, -0.2) is 14.4 Å². The molecule has 0 saturated heterocycles. The second-order valence-corrected chi connectivity index (χ2v) is 4.95. The van der Waals surface area contributed by atoms with Crippen molar-refractivity contribution in [2.24, 2.45) is 0 Å². The Hall–Kier alpha value is -2.17. The molecule has 21 heavy (non-hydrogen) atoms. The van der Waals surface area contributed by atoms with Crippen LogP contribution in [0, 0.1) is 12.7 Å². The second-order valence-electron chi connectivity index (χ2n) is 4.95. The Bertz CT molecular complexity index is 569. The third kappa shape index (κ3) is 5.02. The summed E-state index contributed by atoms with van der Waals surface area (Å²) in [6.07, 6.45) is 3.53. The quantitative estimate of drug-likeness (QED) is 0.747. The van der Waals surface area contributed by atoms with E-state index in [0.717, 1.165) is 24.5 Å². The number of hydrogen-bond acceptors (Lipinski definition) is 4. The number of halogens is 1. The Balaban J connectivity index is 2.02. The molecule has 0 aliphatic rings. The van der Waals surface area contributed by atoms with Crippen LogP contribution in [-0.4, -0.2) is 16.5 Å². The number of rotatable bonds is 7. The molecule has 0 fully saturated rings. The molecule has 1 aromatic heterocycles. The molecule has 0 aliphatic carbocycles. The molecule has 0 spiro atoms. The van der Waals surface area contributed by atoms with Crippen LogP contribution in [-0.2, 0) is 0 Å². The lowest BCUT2D eigenvalue weighted by Crippen LogP contribution is -2.06. The number of anilines is 3. The first-order chi connectivity index (χ1) is 10.2. The summed E-state index contributed by atoms with van der Waals surface area (Å²) in [6.45, 7) is 4.94. The number of nitrogens with zero attached hydrogens (tertiary/aromatic N) is 2. The largest absolute Gasteiger partial charge is 0.370 e. The molecule has 1 heterocycles. The lowest BCUT2D eigenvalue weighted by atomic mass is 10.2. The Morgan fingerprint density at radius 2 is 1.76 bits per heavy atom. The van der Waals surface area contributed by atoms with Gasteiger partial charge in [0.25, 0.3) is 0 Å². The monoisotopic (exact) mass is 288 g/mol. The molecule has 2 aromatic rings. The number of unbranched alkanes of at least 4 members (excludes halogenated alkanes) is 2. The first kappa shape index (κ1) is 15.2. The molecule has 2 rings (SSSR count). The Morgan fingerprint density at radius 1 is 1.05 bits per heavy atom. The molecule has 112 valence electrons. The van der Waals surface area contributed by atoms with Gasteiger partial charge in [0, 0.05) is 18.3 Å². The summed E-state index contributed by atoms with van der Waals surface area (Å²) in [4.78, 5) is 8.70. The van der Waals surface area contributed by atoms with Crippen LogP contribution in [0.15, 0.2) is 30.3 Å². The molecule has 0 amide bonds. The van der Waals surface area contributed by atoms with Gasteiger partial charge < -0.3 is 10.6 Å². The third-order valence-electron chi connectivity index (χ3n) is 3.04. The first-order valence-corrected chi connectivity index (χ1v) is 7.29. The molecule has 4 nitrogen and oxygen atoms in total. The number of nitrogens with one attached hydrogen (secondary N) is 2. The van der Waals surface area contributed by atoms with E-state index in [1.54, 1.807) is 12.1 Å². The van der Waals surface area contributed by atoms with Crippen molar-refractivity contribution in [1.29, 1.82) is 0 Å². The van der Waals surface area contributed by atoms with Gasteiger partial charge in [-0.15, -0.1) is 0 Å². The number of benzene rings is 1. The highest BCUT2D eigenvalue weighted by molar-refractivity contribution is 5.59. The van der Waals surface area contributed by atoms with E-state index in [2.05, 4.69) is 27.5 Å². The highest BCUT2D eigenvalue weighted by Crippen LogP contribution is 2.17. The summed E-state index contributed by atoms with van der Waals surface area (Å²) in [5.41, 5.74) is 0.798. The zero-order chi connectivity index (χ0) is 15.1. The van der Waals surface area contributed by atoms with E-state index < -0.39 is 0 Å². The van der Waals surface area contributed by atoms with Gasteiger partial charge in [-0.3, -0.25) is 0 Å². The zero-order valence-electron chi connectivity index (χ0n) is 12.5. The van der Waals surface area contributed by atoms with Crippen LogP contribution in [0.2, 0.25) is 0 Å². The van der Waals surface area contributed by atoms with Gasteiger partial charge in [0.2, 0.25) is 0 Å². The minimum absolute atomic E-state index is 0.252. The van der Waals surface area contributed by atoms with Crippen LogP contribution < -0.4 is 10.6 Å². The molecule has 0 saturated carbocycles. The van der Waals surface area contributed by atoms with Gasteiger partial charge in [0.1, 0.15) is 23.3 Å². The maximum Gasteiger partial charge on any atom is 0.136 e. The van der Waals surface area contributed by atoms with Gasteiger partial charge in [-0.05, 0) is 37.6 Å². The summed E-state index contributed by atoms with van der Waals surface area (Å²) in [5, 5.41) is 6.46. The molecule has 0 unspecified atom stereocenters. The molecular formula is C16H21FN4. The van der Waals surface area contributed by atoms with Crippen molar-refractivity contribution in [2.45, 2.75) is 33.1 Å². The Labute approximate surface area is 124 Å². The maximum absolute atomic E-state index is 12.9. The summed E-state index contributed by atoms with van der Waals surface area (Å²) < 4.78 is 12.9. The predicted octanol–water partition coefficient (Wildman–Crippen LogP) is 4.27. The highest BCUT2D eigenvalue weighted by atomic mass is 19.1. The van der Waals surface area contributed by atoms with E-state index in [1.807, 2.05) is 13.0 Å². The molecule has 1 aromatic carbocycles. The van der Waals surface area contributed by atoms with Crippen molar-refractivity contribution in [3.8, 4) is 0 Å². The van der Waals surface area contributed by atoms with Crippen LogP contribution in [0.1, 0.15) is 32.0 Å². The van der Waals surface area contributed by atoms with E-state index >= 15 is 0 Å². The van der Waals surface area contributed by atoms with Crippen LogP contribution >= 0.6 is 0 Å². The van der Waals surface area contributed by atoms with Crippen molar-refractivity contribution in [3.63, 3.8) is 0 Å². The summed E-state index contributed by atoms with van der Waals surface area (Å²) in [7, 11) is 0. The van der Waals surface area contributed by atoms with Crippen molar-refractivity contribution in [3.05, 3.63) is 42.0 Å². The van der Waals surface area contributed by atoms with E-state index in [9.17, 15) is 4.39 Å². The number of aromatic nitrogens is 2. The molecule has 5 heteroatoms. The fraction of sp³-hybridized carbons (Fsp3) is 0.375. The van der Waals surface area contributed by atoms with Gasteiger partial charge in [-0.1, -0.05) is 19.8 Å². The van der Waals surface area contributed by atoms with Gasteiger partial charge in [0.15, 0.2) is 0 Å². The van der Waals surface area contributed by atoms with Gasteiger partial charge in [-0.2, -0.15) is 0 Å². The van der Waals surface area contributed by atoms with Crippen LogP contribution in [0.25, 0.3) is 0 Å². The standard InChI is InChI=1S/C16H21FN4/c1-3-4-5-10-18-15-11-16(20-12(2)19-15)21-14-8-6-13(17)7-9-14/h6-9,11H,3-5,10H2,1-2H3,(H2,18,19,20,21). The van der Waals surface area contributed by atoms with Gasteiger partial charge in [0.05, 0.1) is 0 Å². The van der Waals surface area contributed by atoms with E-state index in [0.29, 0.717) is 11.6 Å². The molecule has 0 atom stereocenters. The van der Waals surface area contributed by atoms with E-state index in [-0.39, 0.29) is 5.82 Å². The summed E-state index contributed by atoms with van der Waals surface area (Å²) >= 11 is 0. The van der Waals surface area contributed by atoms with Crippen LogP contribution in [0.3, 0.4) is 0 Å². The molecule has 0 aliphatic heterocycles. The first-order valence-electron chi connectivity index (χ1n) is 7.29. The zero-order valence-corrected chi connectivity index (χ0v) is 12.5. The number of aryl methyl sites for hydroxylation is 1. The lowest BCUT2D eigenvalue weighted by molar-refractivity contribution is 0.628. The van der Waals surface area contributed by atoms with Crippen molar-refractivity contribution >= 4 is 17.3 Å².